The van der Waals surface area contributed by atoms with Crippen LogP contribution in [0.15, 0.2) is 24.3 Å². The smallest absolute Gasteiger partial charge is 0.341 e. The number of imide groups is 1. The van der Waals surface area contributed by atoms with Crippen LogP contribution in [0.25, 0.3) is 0 Å². The van der Waals surface area contributed by atoms with Crippen molar-refractivity contribution in [2.75, 3.05) is 7.05 Å². The Bertz CT molecular complexity index is 644. The first-order valence-corrected chi connectivity index (χ1v) is 7.18. The minimum Gasteiger partial charge on any atom is -0.341 e. The molecule has 0 unspecified atom stereocenters. The summed E-state index contributed by atoms with van der Waals surface area (Å²) in [4.78, 5) is 35.7. The summed E-state index contributed by atoms with van der Waals surface area (Å²) in [7, 11) is 1.52. The normalized spacial score (nSPS) is 17.4. The molecular weight excluding hydrogens is 327 g/mol. The average Bonchev–Trinajstić information content (AvgIpc) is 2.82. The first-order chi connectivity index (χ1) is 11.2. The molecule has 4 amide bonds. The molecule has 1 aliphatic rings. The Morgan fingerprint density at radius 3 is 2.33 bits per heavy atom. The van der Waals surface area contributed by atoms with Gasteiger partial charge in [0.05, 0.1) is 5.56 Å². The van der Waals surface area contributed by atoms with Gasteiger partial charge in [-0.05, 0) is 24.1 Å². The largest absolute Gasteiger partial charge is 0.416 e. The number of urea groups is 1. The lowest BCUT2D eigenvalue weighted by Gasteiger charge is -2.18. The Morgan fingerprint density at radius 1 is 1.21 bits per heavy atom. The summed E-state index contributed by atoms with van der Waals surface area (Å²) in [6.07, 6.45) is -4.20. The maximum Gasteiger partial charge on any atom is 0.416 e. The van der Waals surface area contributed by atoms with Gasteiger partial charge in [-0.1, -0.05) is 12.1 Å². The molecule has 0 bridgehead atoms. The average molecular weight is 343 g/mol. The van der Waals surface area contributed by atoms with Crippen LogP contribution in [0.1, 0.15) is 24.0 Å². The number of hydrogen-bond donors (Lipinski definition) is 2. The number of benzene rings is 1. The molecule has 1 atom stereocenters. The van der Waals surface area contributed by atoms with E-state index in [0.29, 0.717) is 5.56 Å². The molecule has 0 radical (unpaired) electrons. The van der Waals surface area contributed by atoms with Crippen LogP contribution in [0.3, 0.4) is 0 Å². The van der Waals surface area contributed by atoms with Gasteiger partial charge < -0.3 is 10.2 Å². The standard InChI is InChI=1S/C15H16F3N3O3/c1-21(8-9-2-4-10(5-3-9)15(16,17)18)12(22)7-6-11-13(23)20-14(24)19-11/h2-5,11H,6-8H2,1H3,(H2,19,20,23,24)/t11-/m0/s1. The van der Waals surface area contributed by atoms with E-state index in [4.69, 9.17) is 0 Å². The maximum absolute atomic E-state index is 12.5. The Balaban J connectivity index is 1.85. The molecule has 0 aliphatic carbocycles. The lowest BCUT2D eigenvalue weighted by Crippen LogP contribution is -2.32. The first kappa shape index (κ1) is 17.8. The van der Waals surface area contributed by atoms with Crippen molar-refractivity contribution in [3.8, 4) is 0 Å². The fraction of sp³-hybridized carbons (Fsp3) is 0.400. The Morgan fingerprint density at radius 2 is 1.83 bits per heavy atom. The van der Waals surface area contributed by atoms with Crippen molar-refractivity contribution in [3.05, 3.63) is 35.4 Å². The zero-order valence-electron chi connectivity index (χ0n) is 12.8. The van der Waals surface area contributed by atoms with Gasteiger partial charge in [0.15, 0.2) is 0 Å². The molecule has 1 heterocycles. The van der Waals surface area contributed by atoms with Gasteiger partial charge in [-0.25, -0.2) is 4.79 Å². The van der Waals surface area contributed by atoms with Crippen LogP contribution in [0.2, 0.25) is 0 Å². The molecule has 1 aromatic carbocycles. The van der Waals surface area contributed by atoms with Gasteiger partial charge in [0.1, 0.15) is 6.04 Å². The number of nitrogens with zero attached hydrogens (tertiary/aromatic N) is 1. The zero-order chi connectivity index (χ0) is 17.9. The summed E-state index contributed by atoms with van der Waals surface area (Å²) in [6, 6.07) is 3.24. The number of hydrogen-bond acceptors (Lipinski definition) is 3. The molecule has 9 heteroatoms. The van der Waals surface area contributed by atoms with Crippen molar-refractivity contribution in [2.45, 2.75) is 31.6 Å². The second-order valence-electron chi connectivity index (χ2n) is 5.50. The summed E-state index contributed by atoms with van der Waals surface area (Å²) in [6.45, 7) is 0.153. The molecule has 0 aromatic heterocycles. The third-order valence-electron chi connectivity index (χ3n) is 3.63. The second kappa shape index (κ2) is 6.90. The molecule has 0 saturated carbocycles. The number of amides is 4. The lowest BCUT2D eigenvalue weighted by molar-refractivity contribution is -0.137. The number of carbonyl (C=O) groups is 3. The Labute approximate surface area is 136 Å². The molecule has 2 rings (SSSR count). The highest BCUT2D eigenvalue weighted by Crippen LogP contribution is 2.29. The predicted molar refractivity (Wildman–Crippen MR) is 77.6 cm³/mol. The fourth-order valence-electron chi connectivity index (χ4n) is 2.28. The van der Waals surface area contributed by atoms with Gasteiger partial charge in [-0.2, -0.15) is 13.2 Å². The van der Waals surface area contributed by atoms with Crippen molar-refractivity contribution in [3.63, 3.8) is 0 Å². The van der Waals surface area contributed by atoms with Gasteiger partial charge >= 0.3 is 12.2 Å². The molecule has 1 saturated heterocycles. The van der Waals surface area contributed by atoms with Gasteiger partial charge in [0, 0.05) is 20.0 Å². The van der Waals surface area contributed by atoms with Crippen LogP contribution in [-0.4, -0.2) is 35.8 Å². The van der Waals surface area contributed by atoms with Gasteiger partial charge in [-0.15, -0.1) is 0 Å². The molecule has 0 spiro atoms. The Hall–Kier alpha value is -2.58. The van der Waals surface area contributed by atoms with Crippen molar-refractivity contribution < 1.29 is 27.6 Å². The van der Waals surface area contributed by atoms with Crippen LogP contribution < -0.4 is 10.6 Å². The second-order valence-corrected chi connectivity index (χ2v) is 5.50. The number of carbonyl (C=O) groups excluding carboxylic acids is 3. The molecule has 1 aromatic rings. The van der Waals surface area contributed by atoms with Crippen LogP contribution in [0.4, 0.5) is 18.0 Å². The molecule has 1 aliphatic heterocycles. The molecule has 2 N–H and O–H groups in total. The van der Waals surface area contributed by atoms with E-state index in [1.807, 2.05) is 0 Å². The minimum atomic E-state index is -4.40. The van der Waals surface area contributed by atoms with Gasteiger partial charge in [0.25, 0.3) is 5.91 Å². The quantitative estimate of drug-likeness (QED) is 0.798. The van der Waals surface area contributed by atoms with Crippen LogP contribution >= 0.6 is 0 Å². The van der Waals surface area contributed by atoms with E-state index in [1.165, 1.54) is 24.1 Å². The third-order valence-corrected chi connectivity index (χ3v) is 3.63. The zero-order valence-corrected chi connectivity index (χ0v) is 12.8. The predicted octanol–water partition coefficient (Wildman–Crippen LogP) is 1.65. The number of alkyl halides is 3. The maximum atomic E-state index is 12.5. The number of nitrogens with one attached hydrogen (secondary N) is 2. The van der Waals surface area contributed by atoms with Crippen molar-refractivity contribution >= 4 is 17.8 Å². The molecule has 130 valence electrons. The summed E-state index contributed by atoms with van der Waals surface area (Å²) >= 11 is 0. The van der Waals surface area contributed by atoms with E-state index in [1.54, 1.807) is 0 Å². The Kier molecular flexibility index (Phi) is 5.10. The third kappa shape index (κ3) is 4.46. The molecular formula is C15H16F3N3O3. The summed E-state index contributed by atoms with van der Waals surface area (Å²) in [5, 5.41) is 4.46. The molecule has 24 heavy (non-hydrogen) atoms. The first-order valence-electron chi connectivity index (χ1n) is 7.18. The SMILES string of the molecule is CN(Cc1ccc(C(F)(F)F)cc1)C(=O)CC[C@@H]1NC(=O)NC1=O. The van der Waals surface area contributed by atoms with Gasteiger partial charge in [-0.3, -0.25) is 14.9 Å². The van der Waals surface area contributed by atoms with Crippen molar-refractivity contribution in [1.29, 1.82) is 0 Å². The number of halogens is 3. The van der Waals surface area contributed by atoms with E-state index >= 15 is 0 Å². The van der Waals surface area contributed by atoms with Crippen LogP contribution in [0, 0.1) is 0 Å². The van der Waals surface area contributed by atoms with E-state index in [9.17, 15) is 27.6 Å². The van der Waals surface area contributed by atoms with E-state index in [0.717, 1.165) is 12.1 Å². The van der Waals surface area contributed by atoms with E-state index in [2.05, 4.69) is 10.6 Å². The number of rotatable bonds is 5. The summed E-state index contributed by atoms with van der Waals surface area (Å²) < 4.78 is 37.5. The highest BCUT2D eigenvalue weighted by molar-refractivity contribution is 6.04. The monoisotopic (exact) mass is 343 g/mol. The van der Waals surface area contributed by atoms with Gasteiger partial charge in [0.2, 0.25) is 5.91 Å². The highest BCUT2D eigenvalue weighted by Gasteiger charge is 2.31. The summed E-state index contributed by atoms with van der Waals surface area (Å²) in [5.74, 6) is -0.748. The van der Waals surface area contributed by atoms with Crippen LogP contribution in [0.5, 0.6) is 0 Å². The van der Waals surface area contributed by atoms with E-state index < -0.39 is 29.7 Å². The van der Waals surface area contributed by atoms with Crippen molar-refractivity contribution in [1.82, 2.24) is 15.5 Å². The highest BCUT2D eigenvalue weighted by atomic mass is 19.4. The topological polar surface area (TPSA) is 78.5 Å². The fourth-order valence-corrected chi connectivity index (χ4v) is 2.28. The van der Waals surface area contributed by atoms with Crippen LogP contribution in [-0.2, 0) is 22.3 Å². The molecule has 1 fully saturated rings. The van der Waals surface area contributed by atoms with Crippen molar-refractivity contribution in [2.24, 2.45) is 0 Å². The minimum absolute atomic E-state index is 0.0372. The summed E-state index contributed by atoms with van der Waals surface area (Å²) in [5.41, 5.74) is -0.186. The molecule has 6 nitrogen and oxygen atoms in total. The lowest BCUT2D eigenvalue weighted by atomic mass is 10.1. The van der Waals surface area contributed by atoms with E-state index in [-0.39, 0.29) is 25.3 Å².